The molecule has 0 aliphatic carbocycles. The molecule has 0 atom stereocenters. The first-order chi connectivity index (χ1) is 7.10. The summed E-state index contributed by atoms with van der Waals surface area (Å²) in [6, 6.07) is 2.26. The summed E-state index contributed by atoms with van der Waals surface area (Å²) in [7, 11) is 1.34. The molecule has 0 saturated carbocycles. The van der Waals surface area contributed by atoms with E-state index in [4.69, 9.17) is 15.2 Å². The van der Waals surface area contributed by atoms with Crippen molar-refractivity contribution in [2.45, 2.75) is 6.92 Å². The molecule has 0 heterocycles. The number of rotatable bonds is 3. The molecular formula is C10H12FNO3. The first-order valence-corrected chi connectivity index (χ1v) is 4.40. The molecule has 0 aromatic heterocycles. The highest BCUT2D eigenvalue weighted by Gasteiger charge is 2.16. The number of esters is 1. The van der Waals surface area contributed by atoms with E-state index >= 15 is 0 Å². The van der Waals surface area contributed by atoms with E-state index in [-0.39, 0.29) is 23.6 Å². The third-order valence-corrected chi connectivity index (χ3v) is 1.81. The van der Waals surface area contributed by atoms with Gasteiger partial charge >= 0.3 is 5.97 Å². The fourth-order valence-electron chi connectivity index (χ4n) is 1.11. The standard InChI is InChI=1S/C10H12FNO3/c1-3-15-10(13)6-4-8(12)7(11)5-9(6)14-2/h4-5H,3,12H2,1-2H3. The molecule has 1 aromatic rings. The van der Waals surface area contributed by atoms with Crippen LogP contribution in [0.2, 0.25) is 0 Å². The molecule has 0 bridgehead atoms. The molecule has 4 nitrogen and oxygen atoms in total. The van der Waals surface area contributed by atoms with E-state index in [1.165, 1.54) is 13.2 Å². The minimum Gasteiger partial charge on any atom is -0.496 e. The first-order valence-electron chi connectivity index (χ1n) is 4.40. The Morgan fingerprint density at radius 2 is 2.20 bits per heavy atom. The van der Waals surface area contributed by atoms with Gasteiger partial charge in [-0.15, -0.1) is 0 Å². The summed E-state index contributed by atoms with van der Waals surface area (Å²) in [6.45, 7) is 1.91. The Morgan fingerprint density at radius 1 is 1.53 bits per heavy atom. The lowest BCUT2D eigenvalue weighted by Crippen LogP contribution is -2.08. The van der Waals surface area contributed by atoms with Gasteiger partial charge in [-0.1, -0.05) is 0 Å². The summed E-state index contributed by atoms with van der Waals surface area (Å²) in [5, 5.41) is 0. The molecule has 0 aliphatic heterocycles. The lowest BCUT2D eigenvalue weighted by atomic mass is 10.1. The van der Waals surface area contributed by atoms with Gasteiger partial charge in [0, 0.05) is 6.07 Å². The summed E-state index contributed by atoms with van der Waals surface area (Å²) < 4.78 is 22.7. The zero-order valence-electron chi connectivity index (χ0n) is 8.54. The van der Waals surface area contributed by atoms with Crippen molar-refractivity contribution in [1.82, 2.24) is 0 Å². The van der Waals surface area contributed by atoms with E-state index in [9.17, 15) is 9.18 Å². The third kappa shape index (κ3) is 2.37. The molecule has 0 spiro atoms. The van der Waals surface area contributed by atoms with E-state index in [0.29, 0.717) is 0 Å². The Morgan fingerprint density at radius 3 is 2.73 bits per heavy atom. The van der Waals surface area contributed by atoms with E-state index in [2.05, 4.69) is 0 Å². The van der Waals surface area contributed by atoms with Crippen LogP contribution in [-0.2, 0) is 4.74 Å². The number of benzene rings is 1. The molecule has 5 heteroatoms. The number of halogens is 1. The maximum Gasteiger partial charge on any atom is 0.341 e. The number of hydrogen-bond donors (Lipinski definition) is 1. The van der Waals surface area contributed by atoms with Gasteiger partial charge in [0.15, 0.2) is 0 Å². The van der Waals surface area contributed by atoms with Gasteiger partial charge in [0.05, 0.1) is 19.4 Å². The molecule has 82 valence electrons. The Labute approximate surface area is 86.8 Å². The van der Waals surface area contributed by atoms with Gasteiger partial charge in [0.2, 0.25) is 0 Å². The molecule has 0 saturated heterocycles. The van der Waals surface area contributed by atoms with Crippen LogP contribution < -0.4 is 10.5 Å². The highest BCUT2D eigenvalue weighted by Crippen LogP contribution is 2.24. The van der Waals surface area contributed by atoms with Crippen LogP contribution in [0.3, 0.4) is 0 Å². The maximum absolute atomic E-state index is 13.0. The largest absolute Gasteiger partial charge is 0.496 e. The number of carbonyl (C=O) groups excluding carboxylic acids is 1. The van der Waals surface area contributed by atoms with Gasteiger partial charge in [-0.2, -0.15) is 0 Å². The molecule has 15 heavy (non-hydrogen) atoms. The molecule has 1 aromatic carbocycles. The van der Waals surface area contributed by atoms with E-state index in [1.807, 2.05) is 0 Å². The average molecular weight is 213 g/mol. The normalized spacial score (nSPS) is 9.80. The fourth-order valence-corrected chi connectivity index (χ4v) is 1.11. The van der Waals surface area contributed by atoms with Crippen molar-refractivity contribution in [1.29, 1.82) is 0 Å². The molecule has 0 fully saturated rings. The van der Waals surface area contributed by atoms with Gasteiger partial charge in [-0.3, -0.25) is 0 Å². The maximum atomic E-state index is 13.0. The zero-order chi connectivity index (χ0) is 11.4. The van der Waals surface area contributed by atoms with Crippen molar-refractivity contribution in [2.24, 2.45) is 0 Å². The molecule has 0 unspecified atom stereocenters. The Bertz CT molecular complexity index is 379. The highest BCUT2D eigenvalue weighted by atomic mass is 19.1. The van der Waals surface area contributed by atoms with Crippen LogP contribution in [0.5, 0.6) is 5.75 Å². The third-order valence-electron chi connectivity index (χ3n) is 1.81. The Hall–Kier alpha value is -1.78. The minimum absolute atomic E-state index is 0.111. The van der Waals surface area contributed by atoms with E-state index in [0.717, 1.165) is 6.07 Å². The number of ether oxygens (including phenoxy) is 2. The molecule has 0 amide bonds. The Kier molecular flexibility index (Phi) is 3.49. The molecular weight excluding hydrogens is 201 g/mol. The SMILES string of the molecule is CCOC(=O)c1cc(N)c(F)cc1OC. The van der Waals surface area contributed by atoms with Crippen molar-refractivity contribution in [3.8, 4) is 5.75 Å². The second-order valence-corrected chi connectivity index (χ2v) is 2.79. The number of carbonyl (C=O) groups is 1. The quantitative estimate of drug-likeness (QED) is 0.611. The van der Waals surface area contributed by atoms with E-state index in [1.54, 1.807) is 6.92 Å². The number of hydrogen-bond acceptors (Lipinski definition) is 4. The topological polar surface area (TPSA) is 61.5 Å². The highest BCUT2D eigenvalue weighted by molar-refractivity contribution is 5.93. The van der Waals surface area contributed by atoms with Gasteiger partial charge in [0.1, 0.15) is 17.1 Å². The number of nitrogens with two attached hydrogens (primary N) is 1. The zero-order valence-corrected chi connectivity index (χ0v) is 8.54. The Balaban J connectivity index is 3.15. The monoisotopic (exact) mass is 213 g/mol. The minimum atomic E-state index is -0.625. The second kappa shape index (κ2) is 4.63. The summed E-state index contributed by atoms with van der Waals surface area (Å²) in [4.78, 5) is 11.4. The summed E-state index contributed by atoms with van der Waals surface area (Å²) >= 11 is 0. The number of anilines is 1. The fraction of sp³-hybridized carbons (Fsp3) is 0.300. The second-order valence-electron chi connectivity index (χ2n) is 2.79. The molecule has 0 radical (unpaired) electrons. The molecule has 1 rings (SSSR count). The smallest absolute Gasteiger partial charge is 0.341 e. The van der Waals surface area contributed by atoms with Crippen LogP contribution in [0.1, 0.15) is 17.3 Å². The van der Waals surface area contributed by atoms with Gasteiger partial charge in [0.25, 0.3) is 0 Å². The van der Waals surface area contributed by atoms with Crippen LogP contribution in [0.15, 0.2) is 12.1 Å². The van der Waals surface area contributed by atoms with Crippen molar-refractivity contribution in [2.75, 3.05) is 19.5 Å². The molecule has 2 N–H and O–H groups in total. The van der Waals surface area contributed by atoms with Crippen LogP contribution in [0, 0.1) is 5.82 Å². The average Bonchev–Trinajstić information content (AvgIpc) is 2.21. The lowest BCUT2D eigenvalue weighted by molar-refractivity contribution is 0.0522. The van der Waals surface area contributed by atoms with Crippen LogP contribution >= 0.6 is 0 Å². The predicted molar refractivity (Wildman–Crippen MR) is 53.3 cm³/mol. The van der Waals surface area contributed by atoms with Gasteiger partial charge in [-0.05, 0) is 13.0 Å². The predicted octanol–water partition coefficient (Wildman–Crippen LogP) is 1.59. The summed E-state index contributed by atoms with van der Waals surface area (Å²) in [5.41, 5.74) is 5.35. The number of nitrogen functional groups attached to an aromatic ring is 1. The molecule has 0 aliphatic rings. The van der Waals surface area contributed by atoms with Crippen molar-refractivity contribution >= 4 is 11.7 Å². The van der Waals surface area contributed by atoms with Crippen LogP contribution in [0.25, 0.3) is 0 Å². The van der Waals surface area contributed by atoms with Crippen molar-refractivity contribution in [3.63, 3.8) is 0 Å². The summed E-state index contributed by atoms with van der Waals surface area (Å²) in [6.07, 6.45) is 0. The lowest BCUT2D eigenvalue weighted by Gasteiger charge is -2.09. The van der Waals surface area contributed by atoms with Crippen LogP contribution in [0.4, 0.5) is 10.1 Å². The van der Waals surface area contributed by atoms with Crippen molar-refractivity contribution < 1.29 is 18.7 Å². The van der Waals surface area contributed by atoms with Gasteiger partial charge < -0.3 is 15.2 Å². The van der Waals surface area contributed by atoms with Crippen LogP contribution in [-0.4, -0.2) is 19.7 Å². The number of methoxy groups -OCH3 is 1. The van der Waals surface area contributed by atoms with E-state index < -0.39 is 11.8 Å². The van der Waals surface area contributed by atoms with Gasteiger partial charge in [-0.25, -0.2) is 9.18 Å². The summed E-state index contributed by atoms with van der Waals surface area (Å²) in [5.74, 6) is -1.10. The van der Waals surface area contributed by atoms with Crippen molar-refractivity contribution in [3.05, 3.63) is 23.5 Å². The first kappa shape index (κ1) is 11.3.